The van der Waals surface area contributed by atoms with Crippen molar-refractivity contribution in [2.45, 2.75) is 17.9 Å². The number of imidazole rings is 1. The second-order valence-corrected chi connectivity index (χ2v) is 7.89. The van der Waals surface area contributed by atoms with Gasteiger partial charge in [-0.15, -0.1) is 0 Å². The van der Waals surface area contributed by atoms with Crippen LogP contribution >= 0.6 is 0 Å². The second-order valence-electron chi connectivity index (χ2n) is 7.89. The average molecular weight is 376 g/mol. The van der Waals surface area contributed by atoms with Crippen LogP contribution in [0.1, 0.15) is 23.5 Å². The predicted octanol–water partition coefficient (Wildman–Crippen LogP) is 3.87. The number of hydrogen-bond acceptors (Lipinski definition) is 5. The fraction of sp³-hybridized carbons (Fsp3) is 0.130. The molecule has 2 N–H and O–H groups in total. The molecular formula is C23H16N6. The standard InChI is InChI=1S/C23H16N6/c24-21-20-22(26-11-25-21)29(12-27-20)23-10-17(23)14-6-2-3-7-15(14)19-16(23)9-13-5-1-4-8-18(13)28-19/h1-9,11-12,17H,10H2,(H2,24,25,26). The molecule has 0 amide bonds. The van der Waals surface area contributed by atoms with E-state index >= 15 is 0 Å². The van der Waals surface area contributed by atoms with E-state index in [2.05, 4.69) is 68.0 Å². The summed E-state index contributed by atoms with van der Waals surface area (Å²) >= 11 is 0. The Kier molecular flexibility index (Phi) is 2.60. The lowest BCUT2D eigenvalue weighted by Crippen LogP contribution is -2.25. The lowest BCUT2D eigenvalue weighted by atomic mass is 9.84. The Hall–Kier alpha value is -3.80. The van der Waals surface area contributed by atoms with E-state index in [9.17, 15) is 0 Å². The minimum Gasteiger partial charge on any atom is -0.382 e. The van der Waals surface area contributed by atoms with Gasteiger partial charge in [-0.25, -0.2) is 19.9 Å². The van der Waals surface area contributed by atoms with Crippen LogP contribution in [0.3, 0.4) is 0 Å². The van der Waals surface area contributed by atoms with Crippen molar-refractivity contribution in [1.29, 1.82) is 0 Å². The third kappa shape index (κ3) is 1.77. The Labute approximate surface area is 166 Å². The van der Waals surface area contributed by atoms with Crippen LogP contribution in [0.15, 0.2) is 67.3 Å². The Morgan fingerprint density at radius 2 is 1.86 bits per heavy atom. The zero-order valence-electron chi connectivity index (χ0n) is 15.4. The summed E-state index contributed by atoms with van der Waals surface area (Å²) in [5, 5.41) is 1.15. The summed E-state index contributed by atoms with van der Waals surface area (Å²) in [6.07, 6.45) is 4.37. The van der Waals surface area contributed by atoms with Crippen molar-refractivity contribution in [3.8, 4) is 11.3 Å². The van der Waals surface area contributed by atoms with E-state index in [1.807, 2.05) is 12.4 Å². The number of nitrogens with zero attached hydrogens (tertiary/aromatic N) is 5. The highest BCUT2D eigenvalue weighted by atomic mass is 15.2. The summed E-state index contributed by atoms with van der Waals surface area (Å²) in [6.45, 7) is 0. The van der Waals surface area contributed by atoms with Gasteiger partial charge in [-0.3, -0.25) is 0 Å². The molecule has 0 radical (unpaired) electrons. The summed E-state index contributed by atoms with van der Waals surface area (Å²) < 4.78 is 2.19. The molecule has 3 heterocycles. The van der Waals surface area contributed by atoms with E-state index in [0.717, 1.165) is 28.7 Å². The minimum absolute atomic E-state index is 0.240. The Bertz CT molecular complexity index is 1470. The SMILES string of the molecule is Nc1ncnc2c1ncn2C12CC1c1ccccc1-c1nc3ccccc3cc12. The van der Waals surface area contributed by atoms with Crippen LogP contribution in [0.25, 0.3) is 33.3 Å². The first-order valence-corrected chi connectivity index (χ1v) is 9.71. The number of benzene rings is 2. The maximum Gasteiger partial charge on any atom is 0.166 e. The zero-order chi connectivity index (χ0) is 19.2. The van der Waals surface area contributed by atoms with Crippen LogP contribution in [0, 0.1) is 0 Å². The molecule has 138 valence electrons. The highest BCUT2D eigenvalue weighted by Crippen LogP contribution is 2.67. The summed E-state index contributed by atoms with van der Waals surface area (Å²) in [4.78, 5) is 18.3. The molecule has 6 heteroatoms. The van der Waals surface area contributed by atoms with Gasteiger partial charge in [0.15, 0.2) is 11.5 Å². The highest BCUT2D eigenvalue weighted by molar-refractivity contribution is 5.88. The van der Waals surface area contributed by atoms with E-state index in [1.54, 1.807) is 0 Å². The number of fused-ring (bicyclic) bond motifs is 8. The highest BCUT2D eigenvalue weighted by Gasteiger charge is 2.62. The average Bonchev–Trinajstić information content (AvgIpc) is 3.37. The number of para-hydroxylation sites is 1. The Morgan fingerprint density at radius 3 is 2.83 bits per heavy atom. The second kappa shape index (κ2) is 4.97. The molecule has 2 aliphatic rings. The van der Waals surface area contributed by atoms with Gasteiger partial charge in [0.05, 0.1) is 23.1 Å². The van der Waals surface area contributed by atoms with Crippen molar-refractivity contribution in [3.63, 3.8) is 0 Å². The summed E-state index contributed by atoms with van der Waals surface area (Å²) in [7, 11) is 0. The number of hydrogen-bond donors (Lipinski definition) is 1. The molecule has 5 aromatic rings. The van der Waals surface area contributed by atoms with Gasteiger partial charge in [-0.05, 0) is 24.1 Å². The van der Waals surface area contributed by atoms with Crippen LogP contribution in [0.5, 0.6) is 0 Å². The van der Waals surface area contributed by atoms with Crippen molar-refractivity contribution in [3.05, 3.63) is 78.4 Å². The maximum atomic E-state index is 6.06. The monoisotopic (exact) mass is 376 g/mol. The summed E-state index contributed by atoms with van der Waals surface area (Å²) in [5.41, 5.74) is 13.1. The van der Waals surface area contributed by atoms with Crippen LogP contribution in [0.2, 0.25) is 0 Å². The van der Waals surface area contributed by atoms with E-state index < -0.39 is 0 Å². The Balaban J connectivity index is 1.60. The molecule has 1 saturated carbocycles. The fourth-order valence-electron chi connectivity index (χ4n) is 5.13. The topological polar surface area (TPSA) is 82.5 Å². The number of rotatable bonds is 1. The van der Waals surface area contributed by atoms with Gasteiger partial charge in [0, 0.05) is 22.4 Å². The van der Waals surface area contributed by atoms with Gasteiger partial charge < -0.3 is 10.3 Å². The molecule has 2 atom stereocenters. The van der Waals surface area contributed by atoms with Gasteiger partial charge in [0.1, 0.15) is 11.8 Å². The van der Waals surface area contributed by atoms with Crippen molar-refractivity contribution >= 4 is 27.9 Å². The lowest BCUT2D eigenvalue weighted by Gasteiger charge is -2.29. The molecule has 29 heavy (non-hydrogen) atoms. The largest absolute Gasteiger partial charge is 0.382 e. The van der Waals surface area contributed by atoms with Crippen molar-refractivity contribution in [2.75, 3.05) is 5.73 Å². The molecule has 0 saturated heterocycles. The summed E-state index contributed by atoms with van der Waals surface area (Å²) in [5.74, 6) is 0.776. The van der Waals surface area contributed by atoms with Crippen LogP contribution in [-0.2, 0) is 5.54 Å². The Morgan fingerprint density at radius 1 is 1.00 bits per heavy atom. The zero-order valence-corrected chi connectivity index (χ0v) is 15.4. The van der Waals surface area contributed by atoms with Crippen LogP contribution in [0.4, 0.5) is 5.82 Å². The molecule has 7 rings (SSSR count). The third-order valence-corrected chi connectivity index (χ3v) is 6.50. The lowest BCUT2D eigenvalue weighted by molar-refractivity contribution is 0.560. The van der Waals surface area contributed by atoms with Gasteiger partial charge >= 0.3 is 0 Å². The molecule has 0 bridgehead atoms. The van der Waals surface area contributed by atoms with Crippen LogP contribution < -0.4 is 5.73 Å². The van der Waals surface area contributed by atoms with E-state index in [-0.39, 0.29) is 5.54 Å². The first-order chi connectivity index (χ1) is 14.3. The van der Waals surface area contributed by atoms with Crippen molar-refractivity contribution < 1.29 is 0 Å². The van der Waals surface area contributed by atoms with E-state index in [1.165, 1.54) is 23.0 Å². The molecule has 2 aromatic carbocycles. The third-order valence-electron chi connectivity index (χ3n) is 6.50. The molecule has 2 aliphatic carbocycles. The molecule has 0 aliphatic heterocycles. The van der Waals surface area contributed by atoms with E-state index in [0.29, 0.717) is 17.3 Å². The molecule has 3 aromatic heterocycles. The molecule has 1 fully saturated rings. The van der Waals surface area contributed by atoms with Gasteiger partial charge in [-0.2, -0.15) is 0 Å². The quantitative estimate of drug-likeness (QED) is 0.480. The minimum atomic E-state index is -0.240. The molecule has 0 spiro atoms. The number of anilines is 1. The van der Waals surface area contributed by atoms with Crippen LogP contribution in [-0.4, -0.2) is 24.5 Å². The smallest absolute Gasteiger partial charge is 0.166 e. The van der Waals surface area contributed by atoms with Gasteiger partial charge in [-0.1, -0.05) is 42.5 Å². The number of nitrogen functional groups attached to an aromatic ring is 1. The van der Waals surface area contributed by atoms with Gasteiger partial charge in [0.2, 0.25) is 0 Å². The normalized spacial score (nSPS) is 21.6. The first-order valence-electron chi connectivity index (χ1n) is 9.71. The summed E-state index contributed by atoms with van der Waals surface area (Å²) in [6, 6.07) is 19.2. The molecule has 2 unspecified atom stereocenters. The number of nitrogens with two attached hydrogens (primary N) is 1. The van der Waals surface area contributed by atoms with E-state index in [4.69, 9.17) is 10.7 Å². The number of aromatic nitrogens is 5. The van der Waals surface area contributed by atoms with Gasteiger partial charge in [0.25, 0.3) is 0 Å². The molecule has 6 nitrogen and oxygen atoms in total. The molecular weight excluding hydrogens is 360 g/mol. The number of pyridine rings is 1. The maximum absolute atomic E-state index is 6.06. The van der Waals surface area contributed by atoms with Crippen molar-refractivity contribution in [1.82, 2.24) is 24.5 Å². The first kappa shape index (κ1) is 15.2. The van der Waals surface area contributed by atoms with Crippen molar-refractivity contribution in [2.24, 2.45) is 0 Å². The fourth-order valence-corrected chi connectivity index (χ4v) is 5.13. The predicted molar refractivity (Wildman–Crippen MR) is 111 cm³/mol.